The highest BCUT2D eigenvalue weighted by molar-refractivity contribution is 4.93. The van der Waals surface area contributed by atoms with E-state index in [1.807, 2.05) is 0 Å². The SMILES string of the molecule is CCOC(CC)(CC)C(N)CC1CC1. The lowest BCUT2D eigenvalue weighted by Gasteiger charge is -2.37. The summed E-state index contributed by atoms with van der Waals surface area (Å²) in [6, 6.07) is 0.227. The molecule has 1 saturated carbocycles. The number of rotatable bonds is 7. The second-order valence-corrected chi connectivity index (χ2v) is 4.49. The summed E-state index contributed by atoms with van der Waals surface area (Å²) < 4.78 is 5.89. The van der Waals surface area contributed by atoms with E-state index in [0.717, 1.165) is 31.8 Å². The third kappa shape index (κ3) is 2.71. The summed E-state index contributed by atoms with van der Waals surface area (Å²) in [5, 5.41) is 0. The van der Waals surface area contributed by atoms with Gasteiger partial charge in [0.25, 0.3) is 0 Å². The monoisotopic (exact) mass is 199 g/mol. The molecule has 1 aliphatic rings. The van der Waals surface area contributed by atoms with E-state index in [4.69, 9.17) is 10.5 Å². The maximum Gasteiger partial charge on any atom is 0.0827 e. The van der Waals surface area contributed by atoms with Gasteiger partial charge in [-0.1, -0.05) is 26.7 Å². The molecule has 1 unspecified atom stereocenters. The summed E-state index contributed by atoms with van der Waals surface area (Å²) >= 11 is 0. The topological polar surface area (TPSA) is 35.2 Å². The third-order valence-corrected chi connectivity index (χ3v) is 3.59. The molecule has 2 N–H and O–H groups in total. The lowest BCUT2D eigenvalue weighted by atomic mass is 9.85. The molecule has 0 radical (unpaired) electrons. The molecule has 0 aromatic carbocycles. The largest absolute Gasteiger partial charge is 0.374 e. The molecule has 0 bridgehead atoms. The van der Waals surface area contributed by atoms with Crippen molar-refractivity contribution in [3.8, 4) is 0 Å². The Hall–Kier alpha value is -0.0800. The van der Waals surface area contributed by atoms with Gasteiger partial charge in [-0.2, -0.15) is 0 Å². The number of hydrogen-bond donors (Lipinski definition) is 1. The summed E-state index contributed by atoms with van der Waals surface area (Å²) in [4.78, 5) is 0. The second-order valence-electron chi connectivity index (χ2n) is 4.49. The molecule has 0 aromatic rings. The molecule has 0 heterocycles. The molecule has 1 aliphatic carbocycles. The average Bonchev–Trinajstić information content (AvgIpc) is 2.98. The number of ether oxygens (including phenoxy) is 1. The Labute approximate surface area is 88.2 Å². The van der Waals surface area contributed by atoms with E-state index in [1.54, 1.807) is 0 Å². The molecule has 2 nitrogen and oxygen atoms in total. The summed E-state index contributed by atoms with van der Waals surface area (Å²) in [5.41, 5.74) is 6.22. The van der Waals surface area contributed by atoms with Crippen LogP contribution in [0.2, 0.25) is 0 Å². The molecule has 2 heteroatoms. The highest BCUT2D eigenvalue weighted by Gasteiger charge is 2.37. The van der Waals surface area contributed by atoms with Gasteiger partial charge in [0.15, 0.2) is 0 Å². The number of nitrogens with two attached hydrogens (primary N) is 1. The first-order valence-electron chi connectivity index (χ1n) is 6.08. The van der Waals surface area contributed by atoms with Crippen molar-refractivity contribution < 1.29 is 4.74 Å². The predicted molar refractivity (Wildman–Crippen MR) is 60.3 cm³/mol. The summed E-state index contributed by atoms with van der Waals surface area (Å²) in [5.74, 6) is 0.892. The van der Waals surface area contributed by atoms with Gasteiger partial charge in [-0.15, -0.1) is 0 Å². The van der Waals surface area contributed by atoms with Crippen LogP contribution in [0.5, 0.6) is 0 Å². The standard InChI is InChI=1S/C12H25NO/c1-4-12(5-2,14-6-3)11(13)9-10-7-8-10/h10-11H,4-9,13H2,1-3H3. The predicted octanol–water partition coefficient (Wildman–Crippen LogP) is 2.71. The highest BCUT2D eigenvalue weighted by atomic mass is 16.5. The Bertz CT molecular complexity index is 162. The zero-order valence-electron chi connectivity index (χ0n) is 9.88. The fourth-order valence-electron chi connectivity index (χ4n) is 2.30. The molecular formula is C12H25NO. The Morgan fingerprint density at radius 1 is 1.29 bits per heavy atom. The van der Waals surface area contributed by atoms with Crippen molar-refractivity contribution in [3.63, 3.8) is 0 Å². The Kier molecular flexibility index (Phi) is 4.39. The average molecular weight is 199 g/mol. The van der Waals surface area contributed by atoms with Crippen molar-refractivity contribution in [1.29, 1.82) is 0 Å². The normalized spacial score (nSPS) is 19.7. The molecule has 0 spiro atoms. The molecule has 1 atom stereocenters. The maximum atomic E-state index is 6.28. The summed E-state index contributed by atoms with van der Waals surface area (Å²) in [6.07, 6.45) is 5.98. The smallest absolute Gasteiger partial charge is 0.0827 e. The Balaban J connectivity index is 2.52. The molecular weight excluding hydrogens is 174 g/mol. The Morgan fingerprint density at radius 2 is 1.86 bits per heavy atom. The lowest BCUT2D eigenvalue weighted by molar-refractivity contribution is -0.0660. The van der Waals surface area contributed by atoms with Crippen LogP contribution in [-0.2, 0) is 4.74 Å². The van der Waals surface area contributed by atoms with Crippen molar-refractivity contribution in [2.75, 3.05) is 6.61 Å². The lowest BCUT2D eigenvalue weighted by Crippen LogP contribution is -2.49. The first kappa shape index (κ1) is 12.0. The molecule has 14 heavy (non-hydrogen) atoms. The molecule has 0 aromatic heterocycles. The van der Waals surface area contributed by atoms with Gasteiger partial charge in [0.05, 0.1) is 5.60 Å². The fraction of sp³-hybridized carbons (Fsp3) is 1.00. The van der Waals surface area contributed by atoms with Gasteiger partial charge >= 0.3 is 0 Å². The van der Waals surface area contributed by atoms with E-state index in [2.05, 4.69) is 20.8 Å². The molecule has 1 fully saturated rings. The Morgan fingerprint density at radius 3 is 2.21 bits per heavy atom. The van der Waals surface area contributed by atoms with Crippen LogP contribution in [0.15, 0.2) is 0 Å². The second kappa shape index (κ2) is 5.13. The fourth-order valence-corrected chi connectivity index (χ4v) is 2.30. The summed E-state index contributed by atoms with van der Waals surface area (Å²) in [7, 11) is 0. The molecule has 0 amide bonds. The zero-order valence-corrected chi connectivity index (χ0v) is 9.88. The van der Waals surface area contributed by atoms with Crippen molar-refractivity contribution in [1.82, 2.24) is 0 Å². The van der Waals surface area contributed by atoms with Gasteiger partial charge in [0.1, 0.15) is 0 Å². The number of hydrogen-bond acceptors (Lipinski definition) is 2. The molecule has 0 aliphatic heterocycles. The van der Waals surface area contributed by atoms with Crippen LogP contribution in [0.1, 0.15) is 52.9 Å². The van der Waals surface area contributed by atoms with Crippen LogP contribution in [0.25, 0.3) is 0 Å². The van der Waals surface area contributed by atoms with Gasteiger partial charge < -0.3 is 10.5 Å². The first-order valence-corrected chi connectivity index (χ1v) is 6.08. The van der Waals surface area contributed by atoms with E-state index >= 15 is 0 Å². The van der Waals surface area contributed by atoms with E-state index in [0.29, 0.717) is 0 Å². The van der Waals surface area contributed by atoms with Crippen LogP contribution in [0.3, 0.4) is 0 Å². The first-order chi connectivity index (χ1) is 6.68. The quantitative estimate of drug-likeness (QED) is 0.684. The van der Waals surface area contributed by atoms with Crippen molar-refractivity contribution in [2.24, 2.45) is 11.7 Å². The molecule has 0 saturated heterocycles. The van der Waals surface area contributed by atoms with Crippen LogP contribution in [0.4, 0.5) is 0 Å². The van der Waals surface area contributed by atoms with E-state index in [1.165, 1.54) is 12.8 Å². The molecule has 84 valence electrons. The minimum absolute atomic E-state index is 0.0582. The maximum absolute atomic E-state index is 6.28. The van der Waals surface area contributed by atoms with Crippen LogP contribution < -0.4 is 5.73 Å². The van der Waals surface area contributed by atoms with Gasteiger partial charge in [0.2, 0.25) is 0 Å². The van der Waals surface area contributed by atoms with Crippen molar-refractivity contribution >= 4 is 0 Å². The minimum Gasteiger partial charge on any atom is -0.374 e. The minimum atomic E-state index is -0.0582. The van der Waals surface area contributed by atoms with Crippen LogP contribution >= 0.6 is 0 Å². The van der Waals surface area contributed by atoms with E-state index in [-0.39, 0.29) is 11.6 Å². The van der Waals surface area contributed by atoms with Gasteiger partial charge in [-0.3, -0.25) is 0 Å². The molecule has 1 rings (SSSR count). The third-order valence-electron chi connectivity index (χ3n) is 3.59. The van der Waals surface area contributed by atoms with Crippen LogP contribution in [0, 0.1) is 5.92 Å². The van der Waals surface area contributed by atoms with Gasteiger partial charge in [0, 0.05) is 12.6 Å². The van der Waals surface area contributed by atoms with E-state index in [9.17, 15) is 0 Å². The zero-order chi connectivity index (χ0) is 10.6. The summed E-state index contributed by atoms with van der Waals surface area (Å²) in [6.45, 7) is 7.21. The van der Waals surface area contributed by atoms with Crippen molar-refractivity contribution in [3.05, 3.63) is 0 Å². The van der Waals surface area contributed by atoms with Gasteiger partial charge in [-0.05, 0) is 32.1 Å². The van der Waals surface area contributed by atoms with E-state index < -0.39 is 0 Å². The van der Waals surface area contributed by atoms with Crippen LogP contribution in [-0.4, -0.2) is 18.2 Å². The van der Waals surface area contributed by atoms with Crippen molar-refractivity contribution in [2.45, 2.75) is 64.5 Å². The highest BCUT2D eigenvalue weighted by Crippen LogP contribution is 2.37. The van der Waals surface area contributed by atoms with Gasteiger partial charge in [-0.25, -0.2) is 0 Å².